The second-order valence-electron chi connectivity index (χ2n) is 8.09. The van der Waals surface area contributed by atoms with Crippen LogP contribution in [0.1, 0.15) is 31.7 Å². The maximum atomic E-state index is 13.4. The third-order valence-corrected chi connectivity index (χ3v) is 7.06. The number of nitrogens with zero attached hydrogens (tertiary/aromatic N) is 3. The molecule has 1 saturated heterocycles. The van der Waals surface area contributed by atoms with Crippen LogP contribution in [0, 0.1) is 11.7 Å². The van der Waals surface area contributed by atoms with Crippen molar-refractivity contribution in [3.63, 3.8) is 0 Å². The molecular weight excluding hydrogens is 407 g/mol. The molecule has 0 unspecified atom stereocenters. The average Bonchev–Trinajstić information content (AvgIpc) is 3.32. The second-order valence-corrected chi connectivity index (χ2v) is 9.98. The van der Waals surface area contributed by atoms with E-state index < -0.39 is 10.0 Å². The normalized spacial score (nSPS) is 20.3. The maximum absolute atomic E-state index is 13.4. The van der Waals surface area contributed by atoms with E-state index in [9.17, 15) is 12.8 Å². The van der Waals surface area contributed by atoms with Crippen LogP contribution in [0.4, 0.5) is 4.39 Å². The van der Waals surface area contributed by atoms with Gasteiger partial charge in [-0.05, 0) is 57.0 Å². The monoisotopic (exact) mass is 438 g/mol. The van der Waals surface area contributed by atoms with Crippen LogP contribution in [0.3, 0.4) is 0 Å². The first-order valence-corrected chi connectivity index (χ1v) is 11.8. The molecule has 0 radical (unpaired) electrons. The Balaban J connectivity index is 1.69. The molecule has 2 atom stereocenters. The number of hydrogen-bond acceptors (Lipinski definition) is 5. The molecule has 1 aromatic carbocycles. The van der Waals surface area contributed by atoms with Gasteiger partial charge in [-0.2, -0.15) is 4.31 Å². The molecule has 2 aromatic rings. The van der Waals surface area contributed by atoms with Crippen molar-refractivity contribution in [1.29, 1.82) is 0 Å². The van der Waals surface area contributed by atoms with Gasteiger partial charge in [0.05, 0.1) is 12.4 Å². The summed E-state index contributed by atoms with van der Waals surface area (Å²) in [7, 11) is -1.93. The Morgan fingerprint density at radius 2 is 2.00 bits per heavy atom. The van der Waals surface area contributed by atoms with E-state index in [1.54, 1.807) is 23.7 Å². The highest BCUT2D eigenvalue weighted by molar-refractivity contribution is 7.89. The Bertz CT molecular complexity index is 915. The molecule has 0 saturated carbocycles. The number of ether oxygens (including phenoxy) is 1. The predicted molar refractivity (Wildman–Crippen MR) is 113 cm³/mol. The number of aryl methyl sites for hydroxylation is 1. The van der Waals surface area contributed by atoms with Crippen molar-refractivity contribution in [2.75, 3.05) is 32.8 Å². The topological polar surface area (TPSA) is 76.5 Å². The SMILES string of the molecule is CC(C)OCCCNC[C@H]1CN(S(=O)(=O)c2cn(C)cn2)C[C@@H]1c1ccc(F)cc1. The highest BCUT2D eigenvalue weighted by Crippen LogP contribution is 2.35. The second kappa shape index (κ2) is 10.00. The van der Waals surface area contributed by atoms with Crippen LogP contribution in [0.25, 0.3) is 0 Å². The Morgan fingerprint density at radius 1 is 1.27 bits per heavy atom. The van der Waals surface area contributed by atoms with Crippen LogP contribution in [-0.4, -0.2) is 61.2 Å². The molecule has 166 valence electrons. The summed E-state index contributed by atoms with van der Waals surface area (Å²) in [5.41, 5.74) is 0.949. The molecule has 0 aliphatic carbocycles. The summed E-state index contributed by atoms with van der Waals surface area (Å²) in [5, 5.41) is 3.49. The molecule has 0 bridgehead atoms. The van der Waals surface area contributed by atoms with Crippen LogP contribution in [0.15, 0.2) is 41.8 Å². The van der Waals surface area contributed by atoms with E-state index in [4.69, 9.17) is 4.74 Å². The van der Waals surface area contributed by atoms with Crippen molar-refractivity contribution in [3.05, 3.63) is 48.2 Å². The third-order valence-electron chi connectivity index (χ3n) is 5.35. The van der Waals surface area contributed by atoms with E-state index in [1.807, 2.05) is 13.8 Å². The Labute approximate surface area is 178 Å². The van der Waals surface area contributed by atoms with Crippen LogP contribution in [0.2, 0.25) is 0 Å². The van der Waals surface area contributed by atoms with Crippen molar-refractivity contribution < 1.29 is 17.5 Å². The van der Waals surface area contributed by atoms with Crippen molar-refractivity contribution in [2.45, 2.75) is 37.3 Å². The third kappa shape index (κ3) is 5.66. The van der Waals surface area contributed by atoms with E-state index in [2.05, 4.69) is 10.3 Å². The Kier molecular flexibility index (Phi) is 7.62. The number of rotatable bonds is 10. The van der Waals surface area contributed by atoms with Gasteiger partial charge in [-0.15, -0.1) is 0 Å². The van der Waals surface area contributed by atoms with Gasteiger partial charge in [0, 0.05) is 38.9 Å². The summed E-state index contributed by atoms with van der Waals surface area (Å²) in [6.07, 6.45) is 4.11. The van der Waals surface area contributed by atoms with Gasteiger partial charge < -0.3 is 14.6 Å². The van der Waals surface area contributed by atoms with Gasteiger partial charge >= 0.3 is 0 Å². The fourth-order valence-corrected chi connectivity index (χ4v) is 5.27. The predicted octanol–water partition coefficient (Wildman–Crippen LogP) is 2.37. The summed E-state index contributed by atoms with van der Waals surface area (Å²) in [6.45, 7) is 6.94. The lowest BCUT2D eigenvalue weighted by atomic mass is 9.89. The largest absolute Gasteiger partial charge is 0.379 e. The smallest absolute Gasteiger partial charge is 0.262 e. The van der Waals surface area contributed by atoms with Gasteiger partial charge in [-0.1, -0.05) is 12.1 Å². The molecule has 1 aromatic heterocycles. The molecule has 3 rings (SSSR count). The number of sulfonamides is 1. The molecule has 1 aliphatic rings. The van der Waals surface area contributed by atoms with Gasteiger partial charge in [0.2, 0.25) is 0 Å². The van der Waals surface area contributed by atoms with Crippen molar-refractivity contribution in [2.24, 2.45) is 13.0 Å². The quantitative estimate of drug-likeness (QED) is 0.577. The molecule has 1 N–H and O–H groups in total. The van der Waals surface area contributed by atoms with Gasteiger partial charge in [0.25, 0.3) is 10.0 Å². The van der Waals surface area contributed by atoms with Gasteiger partial charge in [0.1, 0.15) is 5.82 Å². The lowest BCUT2D eigenvalue weighted by Crippen LogP contribution is -2.31. The van der Waals surface area contributed by atoms with Crippen LogP contribution >= 0.6 is 0 Å². The van der Waals surface area contributed by atoms with E-state index in [0.29, 0.717) is 26.2 Å². The zero-order valence-corrected chi connectivity index (χ0v) is 18.6. The molecule has 7 nitrogen and oxygen atoms in total. The number of imidazole rings is 1. The first-order valence-electron chi connectivity index (χ1n) is 10.3. The number of halogens is 1. The molecule has 30 heavy (non-hydrogen) atoms. The first kappa shape index (κ1) is 22.9. The summed E-state index contributed by atoms with van der Waals surface area (Å²) in [5.74, 6) is -0.224. The minimum atomic E-state index is -3.67. The van der Waals surface area contributed by atoms with E-state index >= 15 is 0 Å². The first-order chi connectivity index (χ1) is 14.3. The highest BCUT2D eigenvalue weighted by Gasteiger charge is 2.40. The molecule has 9 heteroatoms. The minimum Gasteiger partial charge on any atom is -0.379 e. The summed E-state index contributed by atoms with van der Waals surface area (Å²) in [4.78, 5) is 4.03. The Morgan fingerprint density at radius 3 is 2.63 bits per heavy atom. The van der Waals surface area contributed by atoms with Crippen molar-refractivity contribution >= 4 is 10.0 Å². The fourth-order valence-electron chi connectivity index (χ4n) is 3.78. The van der Waals surface area contributed by atoms with E-state index in [1.165, 1.54) is 29.0 Å². The maximum Gasteiger partial charge on any atom is 0.262 e. The van der Waals surface area contributed by atoms with Crippen LogP contribution in [0.5, 0.6) is 0 Å². The molecule has 1 fully saturated rings. The van der Waals surface area contributed by atoms with E-state index in [-0.39, 0.29) is 28.8 Å². The molecule has 0 spiro atoms. The standard InChI is InChI=1S/C21H31FN4O3S/c1-16(2)29-10-4-9-23-11-18-12-26(30(27,28)21-14-25(3)15-24-21)13-20(18)17-5-7-19(22)8-6-17/h5-8,14-16,18,20,23H,4,9-13H2,1-3H3/t18-,20+/m0/s1. The van der Waals surface area contributed by atoms with Crippen molar-refractivity contribution in [1.82, 2.24) is 19.2 Å². The number of aromatic nitrogens is 2. The van der Waals surface area contributed by atoms with Gasteiger partial charge in [0.15, 0.2) is 5.03 Å². The molecular formula is C21H31FN4O3S. The van der Waals surface area contributed by atoms with Crippen LogP contribution < -0.4 is 5.32 Å². The van der Waals surface area contributed by atoms with Gasteiger partial charge in [-0.3, -0.25) is 0 Å². The fraction of sp³-hybridized carbons (Fsp3) is 0.571. The molecule has 0 amide bonds. The summed E-state index contributed by atoms with van der Waals surface area (Å²) in [6, 6.07) is 6.36. The van der Waals surface area contributed by atoms with Crippen molar-refractivity contribution in [3.8, 4) is 0 Å². The molecule has 1 aliphatic heterocycles. The van der Waals surface area contributed by atoms with E-state index in [0.717, 1.165) is 18.5 Å². The average molecular weight is 439 g/mol. The zero-order valence-electron chi connectivity index (χ0n) is 17.8. The number of hydrogen-bond donors (Lipinski definition) is 1. The number of benzene rings is 1. The lowest BCUT2D eigenvalue weighted by molar-refractivity contribution is 0.0769. The minimum absolute atomic E-state index is 0.0106. The number of nitrogens with one attached hydrogen (secondary N) is 1. The summed E-state index contributed by atoms with van der Waals surface area (Å²) >= 11 is 0. The molecule has 2 heterocycles. The zero-order chi connectivity index (χ0) is 21.7. The van der Waals surface area contributed by atoms with Gasteiger partial charge in [-0.25, -0.2) is 17.8 Å². The van der Waals surface area contributed by atoms with Crippen LogP contribution in [-0.2, 0) is 21.8 Å². The highest BCUT2D eigenvalue weighted by atomic mass is 32.2. The lowest BCUT2D eigenvalue weighted by Gasteiger charge is -2.19. The summed E-state index contributed by atoms with van der Waals surface area (Å²) < 4.78 is 48.2. The Hall–Kier alpha value is -1.81.